The molecule has 150 valence electrons. The lowest BCUT2D eigenvalue weighted by molar-refractivity contribution is 0.0350. The van der Waals surface area contributed by atoms with Gasteiger partial charge in [-0.1, -0.05) is 29.8 Å². The highest BCUT2D eigenvalue weighted by molar-refractivity contribution is 6.35. The molecule has 1 saturated heterocycles. The van der Waals surface area contributed by atoms with Crippen molar-refractivity contribution < 1.29 is 9.53 Å². The maximum atomic E-state index is 12.9. The number of carbonyl (C=O) groups excluding carboxylic acids is 1. The van der Waals surface area contributed by atoms with Crippen LogP contribution >= 0.6 is 11.6 Å². The van der Waals surface area contributed by atoms with Gasteiger partial charge in [0.15, 0.2) is 0 Å². The van der Waals surface area contributed by atoms with Crippen molar-refractivity contribution in [3.8, 4) is 0 Å². The van der Waals surface area contributed by atoms with E-state index in [1.54, 1.807) is 25.3 Å². The molecule has 0 radical (unpaired) electrons. The number of rotatable bonds is 4. The van der Waals surface area contributed by atoms with Crippen LogP contribution in [0.4, 0.5) is 0 Å². The second-order valence-corrected chi connectivity index (χ2v) is 7.67. The topological polar surface area (TPSA) is 75.3 Å². The van der Waals surface area contributed by atoms with Crippen molar-refractivity contribution in [2.24, 2.45) is 0 Å². The molecule has 4 rings (SSSR count). The van der Waals surface area contributed by atoms with E-state index < -0.39 is 0 Å². The third kappa shape index (κ3) is 4.04. The Balaban J connectivity index is 1.59. The maximum Gasteiger partial charge on any atom is 0.272 e. The third-order valence-electron chi connectivity index (χ3n) is 5.45. The SMILES string of the molecule is COC1CCN(C(=O)c2cccc(Cc3n[nH]c(=O)c4cccc(Cl)c34)c2)CC1. The number of amides is 1. The molecule has 1 aromatic heterocycles. The molecule has 1 amide bonds. The maximum absolute atomic E-state index is 12.9. The number of fused-ring (bicyclic) bond motifs is 1. The Morgan fingerprint density at radius 3 is 2.76 bits per heavy atom. The number of carbonyl (C=O) groups is 1. The molecular weight excluding hydrogens is 390 g/mol. The highest BCUT2D eigenvalue weighted by Gasteiger charge is 2.23. The highest BCUT2D eigenvalue weighted by atomic mass is 35.5. The lowest BCUT2D eigenvalue weighted by Crippen LogP contribution is -2.40. The number of H-pyrrole nitrogens is 1. The predicted octanol–water partition coefficient (Wildman–Crippen LogP) is 3.42. The molecule has 1 N–H and O–H groups in total. The Labute approximate surface area is 173 Å². The number of nitrogens with zero attached hydrogens (tertiary/aromatic N) is 2. The lowest BCUT2D eigenvalue weighted by Gasteiger charge is -2.31. The number of hydrogen-bond donors (Lipinski definition) is 1. The van der Waals surface area contributed by atoms with Crippen molar-refractivity contribution in [3.05, 3.63) is 74.7 Å². The number of hydrogen-bond acceptors (Lipinski definition) is 4. The number of aromatic amines is 1. The molecule has 6 nitrogen and oxygen atoms in total. The van der Waals surface area contributed by atoms with Gasteiger partial charge in [0.1, 0.15) is 0 Å². The van der Waals surface area contributed by atoms with Crippen molar-refractivity contribution >= 4 is 28.3 Å². The number of piperidine rings is 1. The molecule has 0 spiro atoms. The van der Waals surface area contributed by atoms with Gasteiger partial charge in [-0.3, -0.25) is 9.59 Å². The van der Waals surface area contributed by atoms with Gasteiger partial charge < -0.3 is 9.64 Å². The second-order valence-electron chi connectivity index (χ2n) is 7.27. The Kier molecular flexibility index (Phi) is 5.65. The van der Waals surface area contributed by atoms with Crippen LogP contribution < -0.4 is 5.56 Å². The quantitative estimate of drug-likeness (QED) is 0.713. The monoisotopic (exact) mass is 411 g/mol. The summed E-state index contributed by atoms with van der Waals surface area (Å²) in [6, 6.07) is 12.8. The largest absolute Gasteiger partial charge is 0.381 e. The van der Waals surface area contributed by atoms with Gasteiger partial charge in [0.25, 0.3) is 11.5 Å². The fourth-order valence-corrected chi connectivity index (χ4v) is 4.14. The summed E-state index contributed by atoms with van der Waals surface area (Å²) < 4.78 is 5.38. The molecule has 1 aliphatic rings. The number of ether oxygens (including phenoxy) is 1. The first-order chi connectivity index (χ1) is 14.1. The summed E-state index contributed by atoms with van der Waals surface area (Å²) in [6.45, 7) is 1.40. The average molecular weight is 412 g/mol. The molecule has 0 unspecified atom stereocenters. The van der Waals surface area contributed by atoms with E-state index in [-0.39, 0.29) is 17.6 Å². The summed E-state index contributed by atoms with van der Waals surface area (Å²) >= 11 is 6.34. The van der Waals surface area contributed by atoms with Gasteiger partial charge in [0, 0.05) is 37.6 Å². The summed E-state index contributed by atoms with van der Waals surface area (Å²) in [5.74, 6) is 0.0266. The van der Waals surface area contributed by atoms with Crippen LogP contribution in [0.1, 0.15) is 34.5 Å². The molecule has 0 saturated carbocycles. The van der Waals surface area contributed by atoms with Gasteiger partial charge in [-0.2, -0.15) is 5.10 Å². The fourth-order valence-electron chi connectivity index (χ4n) is 3.85. The lowest BCUT2D eigenvalue weighted by atomic mass is 10.0. The van der Waals surface area contributed by atoms with Gasteiger partial charge in [0.05, 0.1) is 22.2 Å². The van der Waals surface area contributed by atoms with Crippen LogP contribution in [-0.4, -0.2) is 47.3 Å². The number of likely N-dealkylation sites (tertiary alicyclic amines) is 1. The van der Waals surface area contributed by atoms with Crippen LogP contribution in [0.25, 0.3) is 10.8 Å². The van der Waals surface area contributed by atoms with Crippen LogP contribution in [0, 0.1) is 0 Å². The van der Waals surface area contributed by atoms with E-state index in [1.165, 1.54) is 0 Å². The van der Waals surface area contributed by atoms with Gasteiger partial charge >= 0.3 is 0 Å². The number of benzene rings is 2. The van der Waals surface area contributed by atoms with Gasteiger partial charge in [0.2, 0.25) is 0 Å². The smallest absolute Gasteiger partial charge is 0.272 e. The van der Waals surface area contributed by atoms with Crippen LogP contribution in [0.15, 0.2) is 47.3 Å². The van der Waals surface area contributed by atoms with Gasteiger partial charge in [-0.15, -0.1) is 0 Å². The molecular formula is C22H22ClN3O3. The number of halogens is 1. The van der Waals surface area contributed by atoms with E-state index in [4.69, 9.17) is 16.3 Å². The van der Waals surface area contributed by atoms with E-state index in [2.05, 4.69) is 10.2 Å². The number of nitrogens with one attached hydrogen (secondary N) is 1. The molecule has 0 bridgehead atoms. The fraction of sp³-hybridized carbons (Fsp3) is 0.318. The Bertz CT molecular complexity index is 1100. The molecule has 29 heavy (non-hydrogen) atoms. The highest BCUT2D eigenvalue weighted by Crippen LogP contribution is 2.25. The van der Waals surface area contributed by atoms with Gasteiger partial charge in [-0.05, 0) is 42.7 Å². The van der Waals surface area contributed by atoms with Gasteiger partial charge in [-0.25, -0.2) is 5.10 Å². The third-order valence-corrected chi connectivity index (χ3v) is 5.76. The summed E-state index contributed by atoms with van der Waals surface area (Å²) in [5.41, 5.74) is 1.99. The molecule has 3 aromatic rings. The first-order valence-electron chi connectivity index (χ1n) is 9.63. The van der Waals surface area contributed by atoms with Crippen LogP contribution in [0.5, 0.6) is 0 Å². The van der Waals surface area contributed by atoms with Crippen molar-refractivity contribution in [2.45, 2.75) is 25.4 Å². The van der Waals surface area contributed by atoms with Crippen molar-refractivity contribution in [1.29, 1.82) is 0 Å². The van der Waals surface area contributed by atoms with Crippen LogP contribution in [-0.2, 0) is 11.2 Å². The summed E-state index contributed by atoms with van der Waals surface area (Å²) in [6.07, 6.45) is 2.40. The zero-order chi connectivity index (χ0) is 20.4. The molecule has 2 heterocycles. The van der Waals surface area contributed by atoms with E-state index >= 15 is 0 Å². The second kappa shape index (κ2) is 8.35. The minimum atomic E-state index is -0.269. The minimum Gasteiger partial charge on any atom is -0.381 e. The zero-order valence-corrected chi connectivity index (χ0v) is 16.9. The summed E-state index contributed by atoms with van der Waals surface area (Å²) in [5, 5.41) is 8.40. The van der Waals surface area contributed by atoms with Crippen molar-refractivity contribution in [1.82, 2.24) is 15.1 Å². The molecule has 2 aromatic carbocycles. The zero-order valence-electron chi connectivity index (χ0n) is 16.2. The molecule has 0 atom stereocenters. The Morgan fingerprint density at radius 1 is 1.24 bits per heavy atom. The van der Waals surface area contributed by atoms with E-state index in [0.717, 1.165) is 18.4 Å². The standard InChI is InChI=1S/C22H22ClN3O3/c1-29-16-8-10-26(11-9-16)22(28)15-5-2-4-14(12-15)13-19-20-17(21(27)25-24-19)6-3-7-18(20)23/h2-7,12,16H,8-11,13H2,1H3,(H,25,27). The first kappa shape index (κ1) is 19.6. The van der Waals surface area contributed by atoms with Crippen LogP contribution in [0.2, 0.25) is 5.02 Å². The average Bonchev–Trinajstić information content (AvgIpc) is 2.76. The number of aromatic nitrogens is 2. The number of methoxy groups -OCH3 is 1. The molecule has 0 aliphatic carbocycles. The molecule has 7 heteroatoms. The summed E-state index contributed by atoms with van der Waals surface area (Å²) in [4.78, 5) is 26.8. The minimum absolute atomic E-state index is 0.0266. The normalized spacial score (nSPS) is 15.0. The first-order valence-corrected chi connectivity index (χ1v) is 10.0. The summed E-state index contributed by atoms with van der Waals surface area (Å²) in [7, 11) is 1.71. The van der Waals surface area contributed by atoms with E-state index in [1.807, 2.05) is 29.2 Å². The predicted molar refractivity (Wildman–Crippen MR) is 113 cm³/mol. The van der Waals surface area contributed by atoms with Crippen molar-refractivity contribution in [2.75, 3.05) is 20.2 Å². The van der Waals surface area contributed by atoms with E-state index in [9.17, 15) is 9.59 Å². The molecule has 1 fully saturated rings. The van der Waals surface area contributed by atoms with Crippen molar-refractivity contribution in [3.63, 3.8) is 0 Å². The van der Waals surface area contributed by atoms with Crippen LogP contribution in [0.3, 0.4) is 0 Å². The Morgan fingerprint density at radius 2 is 2.00 bits per heavy atom. The Hall–Kier alpha value is -2.70. The molecule has 1 aliphatic heterocycles. The van der Waals surface area contributed by atoms with E-state index in [0.29, 0.717) is 46.6 Å².